The minimum Gasteiger partial charge on any atom is -0.319 e. The van der Waals surface area contributed by atoms with E-state index in [9.17, 15) is 14.3 Å². The number of carbonyl (C=O) groups is 1. The summed E-state index contributed by atoms with van der Waals surface area (Å²) < 4.78 is 16.6. The van der Waals surface area contributed by atoms with Crippen molar-refractivity contribution >= 4 is 13.1 Å². The fourth-order valence-corrected chi connectivity index (χ4v) is 2.43. The van der Waals surface area contributed by atoms with Crippen LogP contribution in [0.2, 0.25) is 0 Å². The van der Waals surface area contributed by atoms with Crippen molar-refractivity contribution in [1.82, 2.24) is 0 Å². The Morgan fingerprint density at radius 1 is 1.28 bits per heavy atom. The summed E-state index contributed by atoms with van der Waals surface area (Å²) in [5, 5.41) is 0. The number of hydrogen-bond acceptors (Lipinski definition) is 3. The Hall–Kier alpha value is -0.960. The van der Waals surface area contributed by atoms with Crippen LogP contribution in [0.25, 0.3) is 0 Å². The number of carbonyl (C=O) groups excluding carboxylic acids is 1. The molecule has 0 saturated carbocycles. The fraction of sp³-hybridized carbons (Fsp3) is 0.462. The zero-order valence-electron chi connectivity index (χ0n) is 10.8. The van der Waals surface area contributed by atoms with Crippen molar-refractivity contribution in [1.29, 1.82) is 0 Å². The lowest BCUT2D eigenvalue weighted by Crippen LogP contribution is -2.04. The molecule has 1 N–H and O–H groups in total. The third-order valence-corrected chi connectivity index (χ3v) is 3.87. The largest absolute Gasteiger partial charge is 0.399 e. The maximum Gasteiger partial charge on any atom is 0.399 e. The molecule has 0 saturated heterocycles. The summed E-state index contributed by atoms with van der Waals surface area (Å²) in [5.74, 6) is 0. The maximum absolute atomic E-state index is 11.8. The smallest absolute Gasteiger partial charge is 0.319 e. The highest BCUT2D eigenvalue weighted by Crippen LogP contribution is 2.45. The highest BCUT2D eigenvalue weighted by molar-refractivity contribution is 7.71. The van der Waals surface area contributed by atoms with Gasteiger partial charge in [0.1, 0.15) is 0 Å². The first kappa shape index (κ1) is 15.1. The highest BCUT2D eigenvalue weighted by Gasteiger charge is 2.31. The number of unbranched alkanes of at least 4 members (excludes halogenated alkanes) is 2. The summed E-state index contributed by atoms with van der Waals surface area (Å²) in [6.45, 7) is 4.04. The van der Waals surface area contributed by atoms with Gasteiger partial charge in [0.15, 0.2) is 0 Å². The van der Waals surface area contributed by atoms with Gasteiger partial charge in [0.25, 0.3) is 5.52 Å². The first-order valence-corrected chi connectivity index (χ1v) is 7.64. The van der Waals surface area contributed by atoms with Crippen LogP contribution in [0.4, 0.5) is 0 Å². The summed E-state index contributed by atoms with van der Waals surface area (Å²) in [4.78, 5) is 21.4. The Morgan fingerprint density at radius 3 is 2.44 bits per heavy atom. The molecule has 18 heavy (non-hydrogen) atoms. The van der Waals surface area contributed by atoms with Gasteiger partial charge in [0, 0.05) is 5.56 Å². The van der Waals surface area contributed by atoms with E-state index in [1.807, 2.05) is 13.8 Å². The molecule has 0 aliphatic rings. The van der Waals surface area contributed by atoms with E-state index in [4.69, 9.17) is 4.52 Å². The van der Waals surface area contributed by atoms with Gasteiger partial charge in [-0.3, -0.25) is 9.36 Å². The molecule has 100 valence electrons. The van der Waals surface area contributed by atoms with Crippen molar-refractivity contribution < 1.29 is 18.8 Å². The number of aryl methyl sites for hydroxylation is 1. The average Bonchev–Trinajstić information content (AvgIpc) is 2.35. The zero-order chi connectivity index (χ0) is 13.6. The van der Waals surface area contributed by atoms with Crippen LogP contribution in [-0.4, -0.2) is 17.0 Å². The molecule has 1 atom stereocenters. The molecule has 0 radical (unpaired) electrons. The first-order chi connectivity index (χ1) is 8.47. The van der Waals surface area contributed by atoms with Crippen molar-refractivity contribution in [2.45, 2.75) is 33.1 Å². The second-order valence-electron chi connectivity index (χ2n) is 4.23. The lowest BCUT2D eigenvalue weighted by Gasteiger charge is -2.10. The van der Waals surface area contributed by atoms with E-state index >= 15 is 0 Å². The van der Waals surface area contributed by atoms with Gasteiger partial charge in [0.05, 0.1) is 6.61 Å². The minimum absolute atomic E-state index is 0.138. The highest BCUT2D eigenvalue weighted by atomic mass is 31.2. The predicted molar refractivity (Wildman–Crippen MR) is 70.8 cm³/mol. The van der Waals surface area contributed by atoms with Gasteiger partial charge >= 0.3 is 7.60 Å². The molecule has 1 aromatic carbocycles. The summed E-state index contributed by atoms with van der Waals surface area (Å²) in [7, 11) is -4.20. The molecule has 1 rings (SSSR count). The summed E-state index contributed by atoms with van der Waals surface area (Å²) in [6, 6.07) is 6.53. The fourth-order valence-electron chi connectivity index (χ4n) is 1.46. The zero-order valence-corrected chi connectivity index (χ0v) is 11.7. The average molecular weight is 270 g/mol. The lowest BCUT2D eigenvalue weighted by molar-refractivity contribution is 0.102. The van der Waals surface area contributed by atoms with E-state index in [0.29, 0.717) is 6.42 Å². The molecule has 0 aliphatic carbocycles. The Morgan fingerprint density at radius 2 is 1.89 bits per heavy atom. The second-order valence-corrected chi connectivity index (χ2v) is 5.94. The molecule has 0 spiro atoms. The molecular formula is C13H19O4P. The third-order valence-electron chi connectivity index (χ3n) is 2.57. The maximum atomic E-state index is 11.8. The molecule has 5 heteroatoms. The normalized spacial score (nSPS) is 14.2. The first-order valence-electron chi connectivity index (χ1n) is 6.06. The second kappa shape index (κ2) is 6.83. The molecule has 1 aromatic rings. The topological polar surface area (TPSA) is 63.6 Å². The van der Waals surface area contributed by atoms with Gasteiger partial charge in [0.2, 0.25) is 0 Å². The van der Waals surface area contributed by atoms with Crippen LogP contribution >= 0.6 is 7.60 Å². The van der Waals surface area contributed by atoms with Gasteiger partial charge in [-0.1, -0.05) is 49.6 Å². The summed E-state index contributed by atoms with van der Waals surface area (Å²) in [6.07, 6.45) is 2.59. The Labute approximate surface area is 108 Å². The van der Waals surface area contributed by atoms with E-state index in [2.05, 4.69) is 0 Å². The van der Waals surface area contributed by atoms with Gasteiger partial charge in [-0.25, -0.2) is 0 Å². The van der Waals surface area contributed by atoms with Crippen LogP contribution in [0.15, 0.2) is 24.3 Å². The Bertz CT molecular complexity index is 439. The minimum atomic E-state index is -4.20. The van der Waals surface area contributed by atoms with Crippen molar-refractivity contribution in [3.63, 3.8) is 0 Å². The van der Waals surface area contributed by atoms with E-state index in [-0.39, 0.29) is 12.2 Å². The molecule has 0 amide bonds. The van der Waals surface area contributed by atoms with Gasteiger partial charge in [-0.2, -0.15) is 0 Å². The van der Waals surface area contributed by atoms with E-state index in [1.165, 1.54) is 12.1 Å². The van der Waals surface area contributed by atoms with Gasteiger partial charge in [-0.15, -0.1) is 0 Å². The standard InChI is InChI=1S/C13H19O4P/c1-3-4-5-10-17-18(15,16)13(14)12-8-6-11(2)7-9-12/h6-9H,3-5,10H2,1-2H3,(H,15,16). The summed E-state index contributed by atoms with van der Waals surface area (Å²) >= 11 is 0. The van der Waals surface area contributed by atoms with Gasteiger partial charge < -0.3 is 9.42 Å². The van der Waals surface area contributed by atoms with Crippen LogP contribution in [0.3, 0.4) is 0 Å². The van der Waals surface area contributed by atoms with Crippen LogP contribution in [0, 0.1) is 6.92 Å². The quantitative estimate of drug-likeness (QED) is 0.608. The van der Waals surface area contributed by atoms with Crippen LogP contribution in [0.5, 0.6) is 0 Å². The predicted octanol–water partition coefficient (Wildman–Crippen LogP) is 3.53. The van der Waals surface area contributed by atoms with Crippen LogP contribution < -0.4 is 0 Å². The molecule has 0 aliphatic heterocycles. The molecule has 0 bridgehead atoms. The Balaban J connectivity index is 2.64. The van der Waals surface area contributed by atoms with Crippen molar-refractivity contribution in [2.75, 3.05) is 6.61 Å². The molecule has 1 unspecified atom stereocenters. The van der Waals surface area contributed by atoms with E-state index in [0.717, 1.165) is 18.4 Å². The molecule has 4 nitrogen and oxygen atoms in total. The molecular weight excluding hydrogens is 251 g/mol. The van der Waals surface area contributed by atoms with Crippen molar-refractivity contribution in [3.05, 3.63) is 35.4 Å². The lowest BCUT2D eigenvalue weighted by atomic mass is 10.2. The monoisotopic (exact) mass is 270 g/mol. The van der Waals surface area contributed by atoms with Crippen molar-refractivity contribution in [3.8, 4) is 0 Å². The van der Waals surface area contributed by atoms with Crippen LogP contribution in [0.1, 0.15) is 42.1 Å². The number of benzene rings is 1. The third kappa shape index (κ3) is 4.37. The summed E-state index contributed by atoms with van der Waals surface area (Å²) in [5.41, 5.74) is 0.365. The Kier molecular flexibility index (Phi) is 5.73. The SMILES string of the molecule is CCCCCOP(=O)(O)C(=O)c1ccc(C)cc1. The van der Waals surface area contributed by atoms with Crippen molar-refractivity contribution in [2.24, 2.45) is 0 Å². The van der Waals surface area contributed by atoms with Gasteiger partial charge in [-0.05, 0) is 13.3 Å². The van der Waals surface area contributed by atoms with E-state index in [1.54, 1.807) is 12.1 Å². The number of rotatable bonds is 7. The van der Waals surface area contributed by atoms with E-state index < -0.39 is 13.1 Å². The number of hydrogen-bond donors (Lipinski definition) is 1. The molecule has 0 fully saturated rings. The molecule has 0 aromatic heterocycles. The molecule has 0 heterocycles. The van der Waals surface area contributed by atoms with Crippen LogP contribution in [-0.2, 0) is 9.09 Å².